The number of carbonyl (C=O) groups excluding carboxylic acids is 1. The van der Waals surface area contributed by atoms with Crippen LogP contribution >= 0.6 is 11.3 Å². The maximum absolute atomic E-state index is 11.9. The Morgan fingerprint density at radius 3 is 2.83 bits per heavy atom. The minimum Gasteiger partial charge on any atom is -0.494 e. The van der Waals surface area contributed by atoms with Gasteiger partial charge in [0.15, 0.2) is 5.75 Å². The summed E-state index contributed by atoms with van der Waals surface area (Å²) in [6, 6.07) is 8.82. The summed E-state index contributed by atoms with van der Waals surface area (Å²) in [5, 5.41) is 1.93. The van der Waals surface area contributed by atoms with Crippen LogP contribution < -0.4 is 10.5 Å². The molecule has 0 aliphatic heterocycles. The number of rotatable bonds is 4. The van der Waals surface area contributed by atoms with E-state index in [9.17, 15) is 4.79 Å². The van der Waals surface area contributed by atoms with Crippen LogP contribution in [0.1, 0.15) is 15.2 Å². The molecular formula is C13H13NO3S. The van der Waals surface area contributed by atoms with Gasteiger partial charge >= 0.3 is 5.97 Å². The molecule has 0 saturated heterocycles. The van der Waals surface area contributed by atoms with Crippen LogP contribution in [0.15, 0.2) is 35.7 Å². The fraction of sp³-hybridized carbons (Fsp3) is 0.154. The van der Waals surface area contributed by atoms with E-state index in [0.717, 1.165) is 4.88 Å². The lowest BCUT2D eigenvalue weighted by atomic mass is 10.2. The van der Waals surface area contributed by atoms with Crippen LogP contribution in [0.5, 0.6) is 5.75 Å². The Morgan fingerprint density at radius 2 is 2.17 bits per heavy atom. The molecule has 0 atom stereocenters. The van der Waals surface area contributed by atoms with Gasteiger partial charge in [0.25, 0.3) is 0 Å². The summed E-state index contributed by atoms with van der Waals surface area (Å²) in [5.41, 5.74) is 6.49. The number of hydrogen-bond donors (Lipinski definition) is 1. The minimum absolute atomic E-state index is 0.258. The van der Waals surface area contributed by atoms with Crippen LogP contribution in [-0.4, -0.2) is 13.1 Å². The van der Waals surface area contributed by atoms with Crippen molar-refractivity contribution >= 4 is 23.0 Å². The fourth-order valence-electron chi connectivity index (χ4n) is 1.55. The summed E-state index contributed by atoms with van der Waals surface area (Å²) >= 11 is 1.54. The van der Waals surface area contributed by atoms with E-state index in [0.29, 0.717) is 17.0 Å². The van der Waals surface area contributed by atoms with Crippen LogP contribution in [0.2, 0.25) is 0 Å². The van der Waals surface area contributed by atoms with Crippen molar-refractivity contribution in [3.05, 3.63) is 46.2 Å². The number of benzene rings is 1. The summed E-state index contributed by atoms with van der Waals surface area (Å²) in [6.45, 7) is 0.258. The number of ether oxygens (including phenoxy) is 2. The van der Waals surface area contributed by atoms with Gasteiger partial charge in [-0.15, -0.1) is 11.3 Å². The second-order valence-electron chi connectivity index (χ2n) is 3.58. The Hall–Kier alpha value is -2.01. The number of para-hydroxylation sites is 1. The Balaban J connectivity index is 2.11. The Morgan fingerprint density at radius 1 is 1.33 bits per heavy atom. The van der Waals surface area contributed by atoms with E-state index in [1.165, 1.54) is 7.11 Å². The lowest BCUT2D eigenvalue weighted by molar-refractivity contribution is 0.0473. The zero-order chi connectivity index (χ0) is 13.0. The maximum Gasteiger partial charge on any atom is 0.342 e. The Kier molecular flexibility index (Phi) is 3.84. The molecule has 0 bridgehead atoms. The molecule has 5 heteroatoms. The van der Waals surface area contributed by atoms with Crippen molar-refractivity contribution in [2.24, 2.45) is 0 Å². The van der Waals surface area contributed by atoms with E-state index in [1.54, 1.807) is 29.5 Å². The molecular weight excluding hydrogens is 250 g/mol. The summed E-state index contributed by atoms with van der Waals surface area (Å²) in [5.74, 6) is -0.0822. The van der Waals surface area contributed by atoms with Crippen molar-refractivity contribution < 1.29 is 14.3 Å². The van der Waals surface area contributed by atoms with E-state index in [1.807, 2.05) is 17.5 Å². The van der Waals surface area contributed by atoms with Gasteiger partial charge < -0.3 is 15.2 Å². The second-order valence-corrected chi connectivity index (χ2v) is 4.62. The molecule has 94 valence electrons. The molecule has 0 fully saturated rings. The first-order chi connectivity index (χ1) is 8.72. The molecule has 0 spiro atoms. The quantitative estimate of drug-likeness (QED) is 0.680. The monoisotopic (exact) mass is 263 g/mol. The highest BCUT2D eigenvalue weighted by atomic mass is 32.1. The first-order valence-corrected chi connectivity index (χ1v) is 6.22. The van der Waals surface area contributed by atoms with Gasteiger partial charge in [-0.05, 0) is 23.6 Å². The molecule has 18 heavy (non-hydrogen) atoms. The van der Waals surface area contributed by atoms with Crippen molar-refractivity contribution in [3.8, 4) is 5.75 Å². The second kappa shape index (κ2) is 5.55. The van der Waals surface area contributed by atoms with Crippen LogP contribution in [0.25, 0.3) is 0 Å². The standard InChI is InChI=1S/C13H13NO3S/c1-16-12-10(5-2-6-11(12)14)13(15)17-8-9-4-3-7-18-9/h2-7H,8,14H2,1H3. The van der Waals surface area contributed by atoms with Crippen LogP contribution in [0.3, 0.4) is 0 Å². The van der Waals surface area contributed by atoms with E-state index >= 15 is 0 Å². The predicted molar refractivity (Wildman–Crippen MR) is 70.8 cm³/mol. The summed E-state index contributed by atoms with van der Waals surface area (Å²) < 4.78 is 10.3. The number of anilines is 1. The van der Waals surface area contributed by atoms with Gasteiger partial charge in [0.05, 0.1) is 12.8 Å². The number of thiophene rings is 1. The van der Waals surface area contributed by atoms with E-state index < -0.39 is 5.97 Å². The molecule has 1 heterocycles. The first-order valence-electron chi connectivity index (χ1n) is 5.34. The van der Waals surface area contributed by atoms with Crippen LogP contribution in [0.4, 0.5) is 5.69 Å². The maximum atomic E-state index is 11.9. The third kappa shape index (κ3) is 2.62. The third-order valence-electron chi connectivity index (χ3n) is 2.40. The molecule has 0 unspecified atom stereocenters. The van der Waals surface area contributed by atoms with Gasteiger partial charge in [-0.2, -0.15) is 0 Å². The number of carbonyl (C=O) groups is 1. The number of nitrogens with two attached hydrogens (primary N) is 1. The van der Waals surface area contributed by atoms with Crippen molar-refractivity contribution in [1.29, 1.82) is 0 Å². The predicted octanol–water partition coefficient (Wildman–Crippen LogP) is 2.70. The minimum atomic E-state index is -0.437. The zero-order valence-electron chi connectivity index (χ0n) is 9.88. The summed E-state index contributed by atoms with van der Waals surface area (Å²) in [4.78, 5) is 12.9. The normalized spacial score (nSPS) is 10.1. The van der Waals surface area contributed by atoms with Gasteiger partial charge in [0, 0.05) is 4.88 Å². The third-order valence-corrected chi connectivity index (χ3v) is 3.25. The molecule has 0 radical (unpaired) electrons. The van der Waals surface area contributed by atoms with E-state index in [2.05, 4.69) is 0 Å². The Labute approximate surface area is 109 Å². The highest BCUT2D eigenvalue weighted by molar-refractivity contribution is 7.09. The van der Waals surface area contributed by atoms with Gasteiger partial charge in [-0.3, -0.25) is 0 Å². The molecule has 0 aliphatic carbocycles. The first kappa shape index (κ1) is 12.4. The smallest absolute Gasteiger partial charge is 0.342 e. The molecule has 1 aromatic heterocycles. The Bertz CT molecular complexity index is 537. The SMILES string of the molecule is COc1c(N)cccc1C(=O)OCc1cccs1. The van der Waals surface area contributed by atoms with Gasteiger partial charge in [-0.1, -0.05) is 12.1 Å². The zero-order valence-corrected chi connectivity index (χ0v) is 10.7. The van der Waals surface area contributed by atoms with Gasteiger partial charge in [0.1, 0.15) is 12.2 Å². The highest BCUT2D eigenvalue weighted by Gasteiger charge is 2.15. The van der Waals surface area contributed by atoms with Gasteiger partial charge in [-0.25, -0.2) is 4.79 Å². The largest absolute Gasteiger partial charge is 0.494 e. The molecule has 2 N–H and O–H groups in total. The number of nitrogen functional groups attached to an aromatic ring is 1. The number of hydrogen-bond acceptors (Lipinski definition) is 5. The molecule has 2 rings (SSSR count). The van der Waals surface area contributed by atoms with Crippen molar-refractivity contribution in [1.82, 2.24) is 0 Å². The average Bonchev–Trinajstić information content (AvgIpc) is 2.88. The summed E-state index contributed by atoms with van der Waals surface area (Å²) in [6.07, 6.45) is 0. The average molecular weight is 263 g/mol. The van der Waals surface area contributed by atoms with E-state index in [4.69, 9.17) is 15.2 Å². The van der Waals surface area contributed by atoms with E-state index in [-0.39, 0.29) is 6.61 Å². The number of esters is 1. The lowest BCUT2D eigenvalue weighted by Gasteiger charge is -2.10. The highest BCUT2D eigenvalue weighted by Crippen LogP contribution is 2.26. The van der Waals surface area contributed by atoms with Gasteiger partial charge in [0.2, 0.25) is 0 Å². The number of methoxy groups -OCH3 is 1. The van der Waals surface area contributed by atoms with Crippen molar-refractivity contribution in [2.75, 3.05) is 12.8 Å². The van der Waals surface area contributed by atoms with Crippen molar-refractivity contribution in [3.63, 3.8) is 0 Å². The van der Waals surface area contributed by atoms with Crippen LogP contribution in [0, 0.1) is 0 Å². The lowest BCUT2D eigenvalue weighted by Crippen LogP contribution is -2.08. The summed E-state index contributed by atoms with van der Waals surface area (Å²) in [7, 11) is 1.47. The van der Waals surface area contributed by atoms with Crippen molar-refractivity contribution in [2.45, 2.75) is 6.61 Å². The molecule has 2 aromatic rings. The topological polar surface area (TPSA) is 61.5 Å². The molecule has 0 aliphatic rings. The molecule has 1 aromatic carbocycles. The molecule has 0 amide bonds. The molecule has 4 nitrogen and oxygen atoms in total. The fourth-order valence-corrected chi connectivity index (χ4v) is 2.17. The van der Waals surface area contributed by atoms with Crippen LogP contribution in [-0.2, 0) is 11.3 Å². The molecule has 0 saturated carbocycles.